The van der Waals surface area contributed by atoms with Gasteiger partial charge < -0.3 is 15.0 Å². The number of anilines is 2. The van der Waals surface area contributed by atoms with Gasteiger partial charge in [-0.1, -0.05) is 120 Å². The van der Waals surface area contributed by atoms with Crippen molar-refractivity contribution < 1.29 is 9.53 Å². The molecule has 1 amide bonds. The van der Waals surface area contributed by atoms with Crippen molar-refractivity contribution in [2.75, 3.05) is 16.8 Å². The summed E-state index contributed by atoms with van der Waals surface area (Å²) in [5, 5.41) is 39.7. The molecule has 1 aliphatic carbocycles. The number of benzene rings is 2. The van der Waals surface area contributed by atoms with Gasteiger partial charge in [-0.2, -0.15) is 15.8 Å². The number of fused-ring (bicyclic) bond motifs is 1. The van der Waals surface area contributed by atoms with Crippen LogP contribution in [-0.2, 0) is 14.9 Å². The largest absolute Gasteiger partial charge is 0.480 e. The zero-order valence-electron chi connectivity index (χ0n) is 36.7. The molecule has 1 unspecified atom stereocenters. The maximum Gasteiger partial charge on any atom is 0.224 e. The highest BCUT2D eigenvalue weighted by atomic mass is 32.2. The minimum atomic E-state index is -0.936. The summed E-state index contributed by atoms with van der Waals surface area (Å²) in [6.45, 7) is 20.0. The van der Waals surface area contributed by atoms with Crippen molar-refractivity contribution in [3.8, 4) is 29.4 Å². The molecule has 0 bridgehead atoms. The number of unbranched alkanes of at least 4 members (excludes halogenated alkanes) is 1. The predicted octanol–water partition coefficient (Wildman–Crippen LogP) is 12.7. The van der Waals surface area contributed by atoms with Crippen LogP contribution < -0.4 is 10.2 Å². The monoisotopic (exact) mass is 830 g/mol. The molecule has 3 aliphatic rings. The summed E-state index contributed by atoms with van der Waals surface area (Å²) < 4.78 is 6.08. The second kappa shape index (κ2) is 19.4. The van der Waals surface area contributed by atoms with Crippen molar-refractivity contribution in [1.29, 1.82) is 15.8 Å². The Morgan fingerprint density at radius 3 is 2.36 bits per heavy atom. The molecule has 0 radical (unpaired) electrons. The third-order valence-corrected chi connectivity index (χ3v) is 12.1. The second-order valence-electron chi connectivity index (χ2n) is 17.8. The highest BCUT2D eigenvalue weighted by Crippen LogP contribution is 2.49. The molecule has 0 saturated heterocycles. The van der Waals surface area contributed by atoms with Crippen LogP contribution in [0.15, 0.2) is 123 Å². The second-order valence-corrected chi connectivity index (χ2v) is 19.2. The van der Waals surface area contributed by atoms with Gasteiger partial charge in [0.1, 0.15) is 29.4 Å². The number of hydrogen-bond acceptors (Lipinski definition) is 8. The number of para-hydroxylation sites is 1. The van der Waals surface area contributed by atoms with Crippen molar-refractivity contribution in [1.82, 2.24) is 0 Å². The lowest BCUT2D eigenvalue weighted by Gasteiger charge is -2.36. The number of nitrogens with one attached hydrogen (secondary N) is 1. The van der Waals surface area contributed by atoms with E-state index in [0.717, 1.165) is 48.2 Å². The van der Waals surface area contributed by atoms with E-state index in [0.29, 0.717) is 35.0 Å². The van der Waals surface area contributed by atoms with Crippen LogP contribution in [-0.4, -0.2) is 23.3 Å². The average Bonchev–Trinajstić information content (AvgIpc) is 3.59. The lowest BCUT2D eigenvalue weighted by Crippen LogP contribution is -2.27. The summed E-state index contributed by atoms with van der Waals surface area (Å²) >= 11 is 1.59. The maximum absolute atomic E-state index is 12.9. The molecular formula is C50H54N8O2S. The molecule has 61 heavy (non-hydrogen) atoms. The van der Waals surface area contributed by atoms with Crippen LogP contribution in [0.1, 0.15) is 100.0 Å². The van der Waals surface area contributed by atoms with E-state index in [9.17, 15) is 20.6 Å². The number of hydrogen-bond donors (Lipinski definition) is 1. The van der Waals surface area contributed by atoms with Gasteiger partial charge in [0, 0.05) is 62.4 Å². The van der Waals surface area contributed by atoms with Crippen LogP contribution in [0, 0.1) is 56.5 Å². The van der Waals surface area contributed by atoms with E-state index in [4.69, 9.17) is 10.3 Å². The molecule has 10 nitrogen and oxygen atoms in total. The topological polar surface area (TPSA) is 162 Å². The van der Waals surface area contributed by atoms with Gasteiger partial charge in [-0.05, 0) is 103 Å². The Balaban J connectivity index is 1.53. The van der Waals surface area contributed by atoms with Crippen LogP contribution in [0.3, 0.4) is 0 Å². The number of thioether (sulfide) groups is 1. The van der Waals surface area contributed by atoms with E-state index in [1.165, 1.54) is 11.3 Å². The predicted molar refractivity (Wildman–Crippen MR) is 246 cm³/mol. The molecule has 1 atom stereocenters. The van der Waals surface area contributed by atoms with E-state index >= 15 is 0 Å². The fourth-order valence-corrected chi connectivity index (χ4v) is 8.35. The molecule has 2 heterocycles. The van der Waals surface area contributed by atoms with Gasteiger partial charge in [0.2, 0.25) is 5.91 Å². The first-order valence-electron chi connectivity index (χ1n) is 20.7. The molecule has 2 aromatic carbocycles. The van der Waals surface area contributed by atoms with Gasteiger partial charge in [0.25, 0.3) is 0 Å². The van der Waals surface area contributed by atoms with Crippen molar-refractivity contribution >= 4 is 34.7 Å². The smallest absolute Gasteiger partial charge is 0.224 e. The highest BCUT2D eigenvalue weighted by Gasteiger charge is 2.41. The lowest BCUT2D eigenvalue weighted by atomic mass is 9.68. The van der Waals surface area contributed by atoms with E-state index in [1.54, 1.807) is 36.0 Å². The number of amides is 1. The standard InChI is InChI=1S/C50H54N8O2S/c1-33(2)61-27-25-40-34(17-23-42-41(32-53)47(36(30-51)31-52)60-50(42,8)9)28-37(48(3,4)5)29-35(40)18-24-45-49(6,7)43-14-10-11-15-44(43)58(45)26-13-12-16-46(59)55-38-19-21-39(22-20-38)56-57-54/h10-11,14-15,17-24,33,37H,12-13,16,26,28-29H2,1-9H3,(H,55,59)/b23-17+,35-18+,45-24+. The first-order chi connectivity index (χ1) is 28.9. The molecule has 2 aromatic rings. The average molecular weight is 831 g/mol. The zero-order chi connectivity index (χ0) is 44.5. The van der Waals surface area contributed by atoms with Gasteiger partial charge in [0.15, 0.2) is 11.3 Å². The number of azide groups is 1. The Kier molecular flexibility index (Phi) is 14.5. The fraction of sp³-hybridized carbons (Fsp3) is 0.400. The van der Waals surface area contributed by atoms with E-state index in [-0.39, 0.29) is 39.6 Å². The SMILES string of the molecule is CC(C)SC#CC1=C(/C=C/C2=C(C#N)C(=C(C#N)C#N)OC2(C)C)CC(C(C)(C)C)C/C1=C\C=C1\N(CCCCC(=O)Nc2ccc(N=[N+]=[N-])cc2)c2ccccc2C1(C)C. The lowest BCUT2D eigenvalue weighted by molar-refractivity contribution is -0.116. The number of nitriles is 3. The Morgan fingerprint density at radius 1 is 1.02 bits per heavy atom. The summed E-state index contributed by atoms with van der Waals surface area (Å²) in [6, 6.07) is 21.3. The third-order valence-electron chi connectivity index (χ3n) is 11.4. The molecular weight excluding hydrogens is 777 g/mol. The summed E-state index contributed by atoms with van der Waals surface area (Å²) in [5.41, 5.74) is 15.9. The number of rotatable bonds is 11. The van der Waals surface area contributed by atoms with Crippen molar-refractivity contribution in [2.24, 2.45) is 16.4 Å². The summed E-state index contributed by atoms with van der Waals surface area (Å²) in [7, 11) is 0. The van der Waals surface area contributed by atoms with Crippen LogP contribution >= 0.6 is 11.8 Å². The summed E-state index contributed by atoms with van der Waals surface area (Å²) in [6.07, 6.45) is 12.0. The minimum absolute atomic E-state index is 0.0195. The van der Waals surface area contributed by atoms with Gasteiger partial charge in [-0.25, -0.2) is 0 Å². The van der Waals surface area contributed by atoms with Gasteiger partial charge >= 0.3 is 0 Å². The van der Waals surface area contributed by atoms with Crippen LogP contribution in [0.4, 0.5) is 17.1 Å². The quantitative estimate of drug-likeness (QED) is 0.0588. The molecule has 0 saturated carbocycles. The Labute approximate surface area is 365 Å². The number of carbonyl (C=O) groups is 1. The first kappa shape index (κ1) is 45.7. The van der Waals surface area contributed by atoms with Crippen molar-refractivity contribution in [3.05, 3.63) is 134 Å². The van der Waals surface area contributed by atoms with Crippen LogP contribution in [0.5, 0.6) is 0 Å². The van der Waals surface area contributed by atoms with E-state index in [2.05, 4.69) is 128 Å². The van der Waals surface area contributed by atoms with Crippen LogP contribution in [0.25, 0.3) is 10.4 Å². The van der Waals surface area contributed by atoms with Crippen molar-refractivity contribution in [3.63, 3.8) is 0 Å². The molecule has 312 valence electrons. The first-order valence-corrected chi connectivity index (χ1v) is 21.5. The molecule has 11 heteroatoms. The zero-order valence-corrected chi connectivity index (χ0v) is 37.5. The molecule has 0 fully saturated rings. The summed E-state index contributed by atoms with van der Waals surface area (Å²) in [5.74, 6) is 3.80. The van der Waals surface area contributed by atoms with Gasteiger partial charge in [-0.3, -0.25) is 4.79 Å². The Bertz CT molecular complexity index is 2470. The molecule has 1 N–H and O–H groups in total. The normalized spacial score (nSPS) is 19.2. The molecule has 2 aliphatic heterocycles. The van der Waals surface area contributed by atoms with Gasteiger partial charge in [0.05, 0.1) is 0 Å². The molecule has 0 aromatic heterocycles. The number of nitrogens with zero attached hydrogens (tertiary/aromatic N) is 7. The fourth-order valence-electron chi connectivity index (χ4n) is 7.96. The maximum atomic E-state index is 12.9. The summed E-state index contributed by atoms with van der Waals surface area (Å²) in [4.78, 5) is 18.1. The van der Waals surface area contributed by atoms with Crippen LogP contribution in [0.2, 0.25) is 0 Å². The Hall–Kier alpha value is -6.36. The Morgan fingerprint density at radius 2 is 1.72 bits per heavy atom. The number of ether oxygens (including phenoxy) is 1. The van der Waals surface area contributed by atoms with Gasteiger partial charge in [-0.15, -0.1) is 0 Å². The van der Waals surface area contributed by atoms with E-state index < -0.39 is 5.60 Å². The third kappa shape index (κ3) is 10.7. The number of carbonyl (C=O) groups excluding carboxylic acids is 1. The highest BCUT2D eigenvalue weighted by molar-refractivity contribution is 8.04. The number of allylic oxidation sites excluding steroid dienone is 9. The van der Waals surface area contributed by atoms with E-state index in [1.807, 2.05) is 32.1 Å². The van der Waals surface area contributed by atoms with Crippen molar-refractivity contribution in [2.45, 2.75) is 111 Å². The molecule has 5 rings (SSSR count). The minimum Gasteiger partial charge on any atom is -0.480 e. The molecule has 0 spiro atoms.